The minimum Gasteiger partial charge on any atom is -0.598 e. The Bertz CT molecular complexity index is 1200. The van der Waals surface area contributed by atoms with Crippen LogP contribution < -0.4 is 4.90 Å². The first-order valence-corrected chi connectivity index (χ1v) is 13.4. The molecule has 0 amide bonds. The van der Waals surface area contributed by atoms with Gasteiger partial charge in [-0.25, -0.2) is 9.50 Å². The molecule has 0 N–H and O–H groups in total. The van der Waals surface area contributed by atoms with E-state index in [0.29, 0.717) is 17.1 Å². The van der Waals surface area contributed by atoms with Gasteiger partial charge in [0.05, 0.1) is 6.42 Å². The summed E-state index contributed by atoms with van der Waals surface area (Å²) in [5, 5.41) is 4.13. The van der Waals surface area contributed by atoms with Gasteiger partial charge in [-0.05, 0) is 36.6 Å². The second-order valence-corrected chi connectivity index (χ2v) is 11.9. The van der Waals surface area contributed by atoms with Crippen LogP contribution in [0.3, 0.4) is 0 Å². The number of benzene rings is 1. The van der Waals surface area contributed by atoms with E-state index in [1.54, 1.807) is 10.4 Å². The van der Waals surface area contributed by atoms with E-state index in [1.165, 1.54) is 22.6 Å². The lowest BCUT2D eigenvalue weighted by molar-refractivity contribution is -0.127. The number of nitrogens with zero attached hydrogens (tertiary/aromatic N) is 6. The van der Waals surface area contributed by atoms with E-state index in [0.717, 1.165) is 51.1 Å². The highest BCUT2D eigenvalue weighted by atomic mass is 32.2. The third kappa shape index (κ3) is 5.64. The molecule has 4 heterocycles. The molecule has 2 atom stereocenters. The average Bonchev–Trinajstić information content (AvgIpc) is 3.52. The highest BCUT2D eigenvalue weighted by Gasteiger charge is 2.44. The minimum absolute atomic E-state index is 0.159. The van der Waals surface area contributed by atoms with Crippen LogP contribution in [0.2, 0.25) is 0 Å². The maximum absolute atomic E-state index is 12.9. The molecule has 2 aliphatic rings. The molecule has 0 aliphatic carbocycles. The van der Waals surface area contributed by atoms with Crippen molar-refractivity contribution in [3.63, 3.8) is 0 Å². The number of likely N-dealkylation sites (tertiary alicyclic amines) is 1. The summed E-state index contributed by atoms with van der Waals surface area (Å²) in [5.74, 6) is 1.23. The Labute approximate surface area is 212 Å². The van der Waals surface area contributed by atoms with Crippen molar-refractivity contribution in [1.29, 1.82) is 0 Å². The molecule has 2 unspecified atom stereocenters. The van der Waals surface area contributed by atoms with Crippen molar-refractivity contribution in [1.82, 2.24) is 23.8 Å². The van der Waals surface area contributed by atoms with Crippen molar-refractivity contribution >= 4 is 22.7 Å². The molecular formula is C25H31F3N6OS. The Kier molecular flexibility index (Phi) is 6.92. The molecule has 1 aromatic carbocycles. The van der Waals surface area contributed by atoms with Crippen LogP contribution in [0.25, 0.3) is 5.52 Å². The fourth-order valence-electron chi connectivity index (χ4n) is 5.42. The standard InChI is InChI=1S/C25H31F3N6OS/c1-31(2)36(35)15-20-5-3-19(4-6-20)13-32-9-7-24(16-32)8-10-33(17-24)23-22-11-21(12-25(26,27)28)14-34(22)30-18-29-23/h3-6,11,14,18H,7-10,12-13,15-17H2,1-2H3. The van der Waals surface area contributed by atoms with E-state index in [4.69, 9.17) is 0 Å². The molecule has 1 spiro atoms. The highest BCUT2D eigenvalue weighted by Crippen LogP contribution is 2.42. The van der Waals surface area contributed by atoms with Gasteiger partial charge in [0.1, 0.15) is 11.8 Å². The number of fused-ring (bicyclic) bond motifs is 1. The normalized spacial score (nSPS) is 21.9. The van der Waals surface area contributed by atoms with Gasteiger partial charge in [0.25, 0.3) is 0 Å². The van der Waals surface area contributed by atoms with Gasteiger partial charge in [-0.15, -0.1) is 4.31 Å². The highest BCUT2D eigenvalue weighted by molar-refractivity contribution is 7.88. The molecule has 0 radical (unpaired) electrons. The second kappa shape index (κ2) is 9.85. The number of halogens is 3. The van der Waals surface area contributed by atoms with E-state index in [-0.39, 0.29) is 11.0 Å². The Balaban J connectivity index is 1.22. The van der Waals surface area contributed by atoms with Crippen molar-refractivity contribution < 1.29 is 17.7 Å². The smallest absolute Gasteiger partial charge is 0.393 e. The number of hydrogen-bond acceptors (Lipinski definition) is 6. The summed E-state index contributed by atoms with van der Waals surface area (Å²) in [5.41, 5.74) is 3.29. The predicted octanol–water partition coefficient (Wildman–Crippen LogP) is 3.66. The molecule has 3 aromatic rings. The van der Waals surface area contributed by atoms with Gasteiger partial charge < -0.3 is 9.45 Å². The molecule has 36 heavy (non-hydrogen) atoms. The van der Waals surface area contributed by atoms with Crippen LogP contribution in [0.1, 0.15) is 29.5 Å². The summed E-state index contributed by atoms with van der Waals surface area (Å²) in [7, 11) is 3.63. The molecule has 11 heteroatoms. The maximum Gasteiger partial charge on any atom is 0.393 e. The van der Waals surface area contributed by atoms with E-state index >= 15 is 0 Å². The summed E-state index contributed by atoms with van der Waals surface area (Å²) in [6.45, 7) is 4.54. The lowest BCUT2D eigenvalue weighted by atomic mass is 9.86. The molecule has 2 aliphatic heterocycles. The largest absolute Gasteiger partial charge is 0.598 e. The van der Waals surface area contributed by atoms with E-state index < -0.39 is 24.0 Å². The number of anilines is 1. The summed E-state index contributed by atoms with van der Waals surface area (Å²) < 4.78 is 53.9. The minimum atomic E-state index is -4.26. The Hall–Kier alpha value is -2.34. The molecule has 2 fully saturated rings. The lowest BCUT2D eigenvalue weighted by Crippen LogP contribution is -2.31. The lowest BCUT2D eigenvalue weighted by Gasteiger charge is -2.25. The van der Waals surface area contributed by atoms with E-state index in [1.807, 2.05) is 14.1 Å². The summed E-state index contributed by atoms with van der Waals surface area (Å²) in [6, 6.07) is 9.93. The van der Waals surface area contributed by atoms with Crippen molar-refractivity contribution in [2.24, 2.45) is 5.41 Å². The molecule has 7 nitrogen and oxygen atoms in total. The van der Waals surface area contributed by atoms with Gasteiger partial charge in [-0.1, -0.05) is 24.3 Å². The van der Waals surface area contributed by atoms with Crippen LogP contribution in [-0.4, -0.2) is 74.8 Å². The van der Waals surface area contributed by atoms with Crippen LogP contribution in [0, 0.1) is 5.41 Å². The third-order valence-electron chi connectivity index (χ3n) is 7.23. The van der Waals surface area contributed by atoms with Gasteiger partial charge in [-0.2, -0.15) is 18.3 Å². The predicted molar refractivity (Wildman–Crippen MR) is 134 cm³/mol. The molecular weight excluding hydrogens is 489 g/mol. The Morgan fingerprint density at radius 2 is 1.78 bits per heavy atom. The Morgan fingerprint density at radius 3 is 2.50 bits per heavy atom. The SMILES string of the molecule is CN(C)[S+]([O-])Cc1ccc(CN2CCC3(CCN(c4ncnn5cc(CC(F)(F)F)cc45)C3)C2)cc1. The number of rotatable bonds is 7. The first-order valence-electron chi connectivity index (χ1n) is 12.1. The van der Waals surface area contributed by atoms with Crippen molar-refractivity contribution in [2.45, 2.75) is 37.7 Å². The number of alkyl halides is 3. The van der Waals surface area contributed by atoms with Gasteiger partial charge in [0.15, 0.2) is 11.6 Å². The maximum atomic E-state index is 12.9. The fourth-order valence-corrected chi connectivity index (χ4v) is 6.16. The van der Waals surface area contributed by atoms with Crippen LogP contribution in [0.4, 0.5) is 19.0 Å². The first kappa shape index (κ1) is 25.3. The topological polar surface area (TPSA) is 63.0 Å². The van der Waals surface area contributed by atoms with Crippen LogP contribution in [-0.2, 0) is 30.1 Å². The van der Waals surface area contributed by atoms with Gasteiger partial charge >= 0.3 is 6.18 Å². The summed E-state index contributed by atoms with van der Waals surface area (Å²) in [4.78, 5) is 9.14. The zero-order valence-electron chi connectivity index (χ0n) is 20.5. The first-order chi connectivity index (χ1) is 17.1. The van der Waals surface area contributed by atoms with Crippen LogP contribution in [0.5, 0.6) is 0 Å². The van der Waals surface area contributed by atoms with Gasteiger partial charge in [0, 0.05) is 68.8 Å². The molecule has 2 aromatic heterocycles. The van der Waals surface area contributed by atoms with Crippen molar-refractivity contribution in [2.75, 3.05) is 45.2 Å². The monoisotopic (exact) mass is 520 g/mol. The zero-order chi connectivity index (χ0) is 25.5. The average molecular weight is 521 g/mol. The number of aromatic nitrogens is 3. The van der Waals surface area contributed by atoms with Crippen LogP contribution in [0.15, 0.2) is 42.9 Å². The molecule has 0 saturated carbocycles. The number of hydrogen-bond donors (Lipinski definition) is 0. The zero-order valence-corrected chi connectivity index (χ0v) is 21.4. The Morgan fingerprint density at radius 1 is 1.06 bits per heavy atom. The quantitative estimate of drug-likeness (QED) is 0.443. The summed E-state index contributed by atoms with van der Waals surface area (Å²) >= 11 is -1.01. The van der Waals surface area contributed by atoms with E-state index in [9.17, 15) is 17.7 Å². The molecule has 194 valence electrons. The van der Waals surface area contributed by atoms with E-state index in [2.05, 4.69) is 44.1 Å². The van der Waals surface area contributed by atoms with Gasteiger partial charge in [-0.3, -0.25) is 4.90 Å². The fraction of sp³-hybridized carbons (Fsp3) is 0.520. The molecule has 0 bridgehead atoms. The molecule has 2 saturated heterocycles. The van der Waals surface area contributed by atoms with Crippen LogP contribution >= 0.6 is 0 Å². The van der Waals surface area contributed by atoms with Crippen molar-refractivity contribution in [3.05, 3.63) is 59.5 Å². The van der Waals surface area contributed by atoms with Gasteiger partial charge in [0.2, 0.25) is 0 Å². The molecule has 5 rings (SSSR count). The summed E-state index contributed by atoms with van der Waals surface area (Å²) in [6.07, 6.45) is -0.238. The third-order valence-corrected chi connectivity index (χ3v) is 8.62. The van der Waals surface area contributed by atoms with Crippen molar-refractivity contribution in [3.8, 4) is 0 Å². The second-order valence-electron chi connectivity index (χ2n) is 10.3.